The monoisotopic (exact) mass is 320 g/mol. The largest absolute Gasteiger partial charge is 0.480 e. The van der Waals surface area contributed by atoms with Crippen molar-refractivity contribution >= 4 is 22.8 Å². The maximum Gasteiger partial charge on any atom is 0.326 e. The average molecular weight is 320 g/mol. The number of fused-ring (bicyclic) bond motifs is 1. The van der Waals surface area contributed by atoms with Crippen molar-refractivity contribution in [3.05, 3.63) is 35.8 Å². The van der Waals surface area contributed by atoms with Crippen molar-refractivity contribution in [1.29, 1.82) is 0 Å². The molecule has 6 nitrogen and oxygen atoms in total. The molecule has 1 aliphatic heterocycles. The predicted molar refractivity (Wildman–Crippen MR) is 80.5 cm³/mol. The first-order valence-corrected chi connectivity index (χ1v) is 7.41. The molecule has 0 spiro atoms. The topological polar surface area (TPSA) is 91.4 Å². The summed E-state index contributed by atoms with van der Waals surface area (Å²) in [6.07, 6.45) is 2.37. The first-order chi connectivity index (χ1) is 11.0. The number of halogens is 1. The maximum atomic E-state index is 13.2. The SMILES string of the molecule is O=C(N[C@@H](Cc1c[nH]c2cc(F)ccc12)C(=O)O)[C@H]1CCOC1. The van der Waals surface area contributed by atoms with E-state index in [1.54, 1.807) is 12.3 Å². The molecule has 1 fully saturated rings. The van der Waals surface area contributed by atoms with Gasteiger partial charge in [0.25, 0.3) is 0 Å². The van der Waals surface area contributed by atoms with Crippen LogP contribution in [0.25, 0.3) is 10.9 Å². The Labute approximate surface area is 131 Å². The van der Waals surface area contributed by atoms with Crippen LogP contribution in [-0.4, -0.2) is 41.2 Å². The number of hydrogen-bond donors (Lipinski definition) is 3. The standard InChI is InChI=1S/C16H17FN2O4/c17-11-1-2-12-10(7-18-13(12)6-11)5-14(16(21)22)19-15(20)9-3-4-23-8-9/h1-2,6-7,9,14,18H,3-5,8H2,(H,19,20)(H,21,22)/t9-,14-/m0/s1. The summed E-state index contributed by atoms with van der Waals surface area (Å²) < 4.78 is 18.3. The zero-order valence-electron chi connectivity index (χ0n) is 12.3. The minimum Gasteiger partial charge on any atom is -0.480 e. The minimum atomic E-state index is -1.10. The summed E-state index contributed by atoms with van der Waals surface area (Å²) in [7, 11) is 0. The van der Waals surface area contributed by atoms with Crippen molar-refractivity contribution in [3.8, 4) is 0 Å². The van der Waals surface area contributed by atoms with Gasteiger partial charge in [-0.2, -0.15) is 0 Å². The van der Waals surface area contributed by atoms with E-state index in [-0.39, 0.29) is 24.1 Å². The number of nitrogens with one attached hydrogen (secondary N) is 2. The van der Waals surface area contributed by atoms with E-state index in [1.807, 2.05) is 0 Å². The fourth-order valence-corrected chi connectivity index (χ4v) is 2.78. The van der Waals surface area contributed by atoms with Crippen LogP contribution in [0, 0.1) is 11.7 Å². The molecule has 1 amide bonds. The zero-order chi connectivity index (χ0) is 16.4. The molecule has 122 valence electrons. The van der Waals surface area contributed by atoms with Gasteiger partial charge in [0.2, 0.25) is 5.91 Å². The Morgan fingerprint density at radius 2 is 2.30 bits per heavy atom. The van der Waals surface area contributed by atoms with E-state index in [9.17, 15) is 19.1 Å². The highest BCUT2D eigenvalue weighted by atomic mass is 19.1. The molecule has 2 atom stereocenters. The highest BCUT2D eigenvalue weighted by molar-refractivity contribution is 5.87. The van der Waals surface area contributed by atoms with Crippen LogP contribution in [0.2, 0.25) is 0 Å². The summed E-state index contributed by atoms with van der Waals surface area (Å²) in [6, 6.07) is 3.24. The quantitative estimate of drug-likeness (QED) is 0.778. The van der Waals surface area contributed by atoms with Crippen molar-refractivity contribution in [3.63, 3.8) is 0 Å². The third-order valence-corrected chi connectivity index (χ3v) is 4.07. The van der Waals surface area contributed by atoms with Crippen molar-refractivity contribution in [2.24, 2.45) is 5.92 Å². The van der Waals surface area contributed by atoms with Crippen LogP contribution < -0.4 is 5.32 Å². The summed E-state index contributed by atoms with van der Waals surface area (Å²) in [6.45, 7) is 0.842. The van der Waals surface area contributed by atoms with Crippen molar-refractivity contribution in [1.82, 2.24) is 10.3 Å². The van der Waals surface area contributed by atoms with Gasteiger partial charge in [-0.05, 0) is 30.2 Å². The second kappa shape index (κ2) is 6.37. The van der Waals surface area contributed by atoms with E-state index < -0.39 is 12.0 Å². The summed E-state index contributed by atoms with van der Waals surface area (Å²) >= 11 is 0. The molecule has 0 unspecified atom stereocenters. The number of rotatable bonds is 5. The summed E-state index contributed by atoms with van der Waals surface area (Å²) in [5.74, 6) is -2.07. The smallest absolute Gasteiger partial charge is 0.326 e. The molecule has 1 aromatic carbocycles. The molecule has 1 aliphatic rings. The lowest BCUT2D eigenvalue weighted by Gasteiger charge is -2.16. The molecule has 1 aromatic heterocycles. The van der Waals surface area contributed by atoms with Crippen LogP contribution in [0.1, 0.15) is 12.0 Å². The Morgan fingerprint density at radius 1 is 1.48 bits per heavy atom. The minimum absolute atomic E-state index is 0.125. The summed E-state index contributed by atoms with van der Waals surface area (Å²) in [4.78, 5) is 26.5. The fraction of sp³-hybridized carbons (Fsp3) is 0.375. The summed E-state index contributed by atoms with van der Waals surface area (Å²) in [5, 5.41) is 12.7. The lowest BCUT2D eigenvalue weighted by Crippen LogP contribution is -2.45. The molecular weight excluding hydrogens is 303 g/mol. The van der Waals surface area contributed by atoms with Gasteiger partial charge in [-0.25, -0.2) is 9.18 Å². The van der Waals surface area contributed by atoms with Crippen LogP contribution >= 0.6 is 0 Å². The van der Waals surface area contributed by atoms with Gasteiger partial charge in [-0.1, -0.05) is 0 Å². The number of aliphatic carboxylic acids is 1. The average Bonchev–Trinajstić information content (AvgIpc) is 3.16. The van der Waals surface area contributed by atoms with E-state index in [0.29, 0.717) is 25.2 Å². The zero-order valence-corrected chi connectivity index (χ0v) is 12.3. The van der Waals surface area contributed by atoms with Gasteiger partial charge in [0.1, 0.15) is 11.9 Å². The number of hydrogen-bond acceptors (Lipinski definition) is 3. The third-order valence-electron chi connectivity index (χ3n) is 4.07. The molecule has 0 radical (unpaired) electrons. The molecule has 1 saturated heterocycles. The third kappa shape index (κ3) is 3.34. The Morgan fingerprint density at radius 3 is 3.00 bits per heavy atom. The number of benzene rings is 1. The highest BCUT2D eigenvalue weighted by Crippen LogP contribution is 2.21. The van der Waals surface area contributed by atoms with Gasteiger partial charge in [-0.15, -0.1) is 0 Å². The van der Waals surface area contributed by atoms with Crippen molar-refractivity contribution < 1.29 is 23.8 Å². The first kappa shape index (κ1) is 15.5. The number of carbonyl (C=O) groups excluding carboxylic acids is 1. The Kier molecular flexibility index (Phi) is 4.29. The van der Waals surface area contributed by atoms with E-state index in [0.717, 1.165) is 10.9 Å². The van der Waals surface area contributed by atoms with Crippen LogP contribution in [0.4, 0.5) is 4.39 Å². The molecule has 0 aliphatic carbocycles. The van der Waals surface area contributed by atoms with Crippen molar-refractivity contribution in [2.45, 2.75) is 18.9 Å². The van der Waals surface area contributed by atoms with Gasteiger partial charge in [0.05, 0.1) is 12.5 Å². The molecule has 0 saturated carbocycles. The fourth-order valence-electron chi connectivity index (χ4n) is 2.78. The number of carbonyl (C=O) groups is 2. The Balaban J connectivity index is 1.75. The molecule has 3 rings (SSSR count). The van der Waals surface area contributed by atoms with Crippen molar-refractivity contribution in [2.75, 3.05) is 13.2 Å². The van der Waals surface area contributed by atoms with E-state index in [2.05, 4.69) is 10.3 Å². The lowest BCUT2D eigenvalue weighted by molar-refractivity contribution is -0.142. The van der Waals surface area contributed by atoms with Gasteiger partial charge in [-0.3, -0.25) is 4.79 Å². The van der Waals surface area contributed by atoms with Crippen LogP contribution in [-0.2, 0) is 20.7 Å². The number of aromatic amines is 1. The van der Waals surface area contributed by atoms with Crippen LogP contribution in [0.3, 0.4) is 0 Å². The maximum absolute atomic E-state index is 13.2. The lowest BCUT2D eigenvalue weighted by atomic mass is 10.0. The molecule has 0 bridgehead atoms. The number of H-pyrrole nitrogens is 1. The van der Waals surface area contributed by atoms with Gasteiger partial charge < -0.3 is 20.1 Å². The molecule has 2 aromatic rings. The van der Waals surface area contributed by atoms with E-state index in [1.165, 1.54) is 12.1 Å². The van der Waals surface area contributed by atoms with E-state index >= 15 is 0 Å². The van der Waals surface area contributed by atoms with Gasteiger partial charge in [0, 0.05) is 30.1 Å². The summed E-state index contributed by atoms with van der Waals surface area (Å²) in [5.41, 5.74) is 1.31. The number of aromatic nitrogens is 1. The number of ether oxygens (including phenoxy) is 1. The molecule has 23 heavy (non-hydrogen) atoms. The predicted octanol–water partition coefficient (Wildman–Crippen LogP) is 1.46. The number of carboxylic acid groups (broad SMARTS) is 1. The molecule has 7 heteroatoms. The van der Waals surface area contributed by atoms with Gasteiger partial charge >= 0.3 is 5.97 Å². The molecule has 3 N–H and O–H groups in total. The normalized spacial score (nSPS) is 18.9. The Bertz CT molecular complexity index is 737. The second-order valence-corrected chi connectivity index (χ2v) is 5.67. The molecule has 2 heterocycles. The van der Waals surface area contributed by atoms with Gasteiger partial charge in [0.15, 0.2) is 0 Å². The molecular formula is C16H17FN2O4. The Hall–Kier alpha value is -2.41. The highest BCUT2D eigenvalue weighted by Gasteiger charge is 2.28. The second-order valence-electron chi connectivity index (χ2n) is 5.67. The number of amides is 1. The number of carboxylic acids is 1. The van der Waals surface area contributed by atoms with Crippen LogP contribution in [0.15, 0.2) is 24.4 Å². The first-order valence-electron chi connectivity index (χ1n) is 7.41. The van der Waals surface area contributed by atoms with Crippen LogP contribution in [0.5, 0.6) is 0 Å². The van der Waals surface area contributed by atoms with E-state index in [4.69, 9.17) is 4.74 Å².